The molecule has 2 heterocycles. The second-order valence-corrected chi connectivity index (χ2v) is 15.3. The molecule has 282 valence electrons. The molecule has 15 heteroatoms. The van der Waals surface area contributed by atoms with Crippen LogP contribution in [0.4, 0.5) is 18.0 Å². The zero-order chi connectivity index (χ0) is 38.3. The van der Waals surface area contributed by atoms with Crippen LogP contribution in [0, 0.1) is 10.8 Å². The van der Waals surface area contributed by atoms with Crippen molar-refractivity contribution in [1.29, 1.82) is 0 Å². The van der Waals surface area contributed by atoms with Gasteiger partial charge in [-0.2, -0.15) is 13.2 Å². The molecule has 0 aromatic heterocycles. The van der Waals surface area contributed by atoms with Gasteiger partial charge in [0.1, 0.15) is 12.1 Å². The summed E-state index contributed by atoms with van der Waals surface area (Å²) in [6.45, 7) is 15.2. The molecule has 12 nitrogen and oxygen atoms in total. The van der Waals surface area contributed by atoms with Crippen molar-refractivity contribution >= 4 is 35.4 Å². The standard InChI is InChI=1S/C36H51F3N6O6/c1-8-18-40-30(48)27(46)24(15-11-17-36(37,38)39)41-29(47)25-16-12-19-45(25)32(50)28(35(5,6)7)43-33(51)42-26(34(2,3)4)21-44-20-22-13-9-10-14-23(22)31(44)49/h8-10,13-14,24-26,28H,1,11-12,15-21H2,2-7H3,(H,40,48)(H,41,47)(H2,42,43,51)/t24?,25-,26+,28+/m0/s1. The van der Waals surface area contributed by atoms with Gasteiger partial charge < -0.3 is 31.1 Å². The fourth-order valence-electron chi connectivity index (χ4n) is 6.12. The maximum Gasteiger partial charge on any atom is 0.389 e. The summed E-state index contributed by atoms with van der Waals surface area (Å²) in [5, 5.41) is 10.4. The molecule has 0 bridgehead atoms. The molecule has 0 radical (unpaired) electrons. The smallest absolute Gasteiger partial charge is 0.346 e. The average Bonchev–Trinajstić information content (AvgIpc) is 3.64. The number of carbonyl (C=O) groups is 6. The lowest BCUT2D eigenvalue weighted by Crippen LogP contribution is -2.61. The lowest BCUT2D eigenvalue weighted by molar-refractivity contribution is -0.144. The van der Waals surface area contributed by atoms with Gasteiger partial charge in [0.2, 0.25) is 17.6 Å². The molecule has 3 rings (SSSR count). The highest BCUT2D eigenvalue weighted by Crippen LogP contribution is 2.29. The number of hydrogen-bond donors (Lipinski definition) is 4. The van der Waals surface area contributed by atoms with Crippen LogP contribution in [0.1, 0.15) is 89.6 Å². The first kappa shape index (κ1) is 41.0. The van der Waals surface area contributed by atoms with Crippen molar-refractivity contribution in [3.05, 3.63) is 48.0 Å². The molecule has 1 unspecified atom stereocenters. The maximum absolute atomic E-state index is 14.1. The first-order valence-electron chi connectivity index (χ1n) is 17.2. The Kier molecular flexibility index (Phi) is 13.4. The Morgan fingerprint density at radius 3 is 2.24 bits per heavy atom. The molecule has 0 spiro atoms. The lowest BCUT2D eigenvalue weighted by Gasteiger charge is -2.38. The van der Waals surface area contributed by atoms with Crippen molar-refractivity contribution in [2.45, 2.75) is 111 Å². The summed E-state index contributed by atoms with van der Waals surface area (Å²) in [7, 11) is 0. The number of nitrogens with one attached hydrogen (secondary N) is 4. The summed E-state index contributed by atoms with van der Waals surface area (Å²) in [5.74, 6) is -3.67. The van der Waals surface area contributed by atoms with Gasteiger partial charge in [-0.3, -0.25) is 24.0 Å². The van der Waals surface area contributed by atoms with Crippen LogP contribution in [0.3, 0.4) is 0 Å². The number of ketones is 1. The van der Waals surface area contributed by atoms with Gasteiger partial charge >= 0.3 is 12.2 Å². The van der Waals surface area contributed by atoms with E-state index in [-0.39, 0.29) is 32.0 Å². The van der Waals surface area contributed by atoms with E-state index in [0.29, 0.717) is 18.5 Å². The number of alkyl halides is 3. The zero-order valence-corrected chi connectivity index (χ0v) is 30.2. The number of Topliss-reactive ketones (excluding diaryl/α,β-unsaturated/α-hetero) is 1. The van der Waals surface area contributed by atoms with Crippen LogP contribution in [0.5, 0.6) is 0 Å². The number of hydrogen-bond acceptors (Lipinski definition) is 6. The summed E-state index contributed by atoms with van der Waals surface area (Å²) in [6, 6.07) is 2.41. The van der Waals surface area contributed by atoms with Crippen LogP contribution in [-0.4, -0.2) is 95.2 Å². The minimum Gasteiger partial charge on any atom is -0.346 e. The molecule has 2 aliphatic rings. The molecule has 51 heavy (non-hydrogen) atoms. The van der Waals surface area contributed by atoms with Crippen LogP contribution in [0.25, 0.3) is 0 Å². The van der Waals surface area contributed by atoms with Gasteiger partial charge in [0, 0.05) is 38.2 Å². The Morgan fingerprint density at radius 2 is 1.65 bits per heavy atom. The van der Waals surface area contributed by atoms with Crippen LogP contribution >= 0.6 is 0 Å². The molecule has 1 fully saturated rings. The van der Waals surface area contributed by atoms with Gasteiger partial charge in [-0.1, -0.05) is 65.8 Å². The van der Waals surface area contributed by atoms with E-state index in [0.717, 1.165) is 5.56 Å². The Morgan fingerprint density at radius 1 is 0.980 bits per heavy atom. The van der Waals surface area contributed by atoms with Crippen molar-refractivity contribution in [1.82, 2.24) is 31.1 Å². The normalized spacial score (nSPS) is 18.0. The number of halogens is 3. The summed E-state index contributed by atoms with van der Waals surface area (Å²) in [5.41, 5.74) is 0.198. The summed E-state index contributed by atoms with van der Waals surface area (Å²) in [6.07, 6.45) is -4.73. The quantitative estimate of drug-likeness (QED) is 0.169. The van der Waals surface area contributed by atoms with E-state index < -0.39 is 90.0 Å². The fourth-order valence-corrected chi connectivity index (χ4v) is 6.12. The van der Waals surface area contributed by atoms with Gasteiger partial charge in [0.15, 0.2) is 0 Å². The van der Waals surface area contributed by atoms with E-state index in [1.165, 1.54) is 11.0 Å². The first-order valence-corrected chi connectivity index (χ1v) is 17.2. The van der Waals surface area contributed by atoms with Gasteiger partial charge in [-0.25, -0.2) is 4.79 Å². The van der Waals surface area contributed by atoms with Gasteiger partial charge in [0.05, 0.1) is 12.1 Å². The van der Waals surface area contributed by atoms with Crippen LogP contribution in [0.2, 0.25) is 0 Å². The van der Waals surface area contributed by atoms with E-state index in [4.69, 9.17) is 0 Å². The monoisotopic (exact) mass is 720 g/mol. The van der Waals surface area contributed by atoms with Crippen LogP contribution < -0.4 is 21.3 Å². The largest absolute Gasteiger partial charge is 0.389 e. The van der Waals surface area contributed by atoms with Crippen molar-refractivity contribution < 1.29 is 41.9 Å². The van der Waals surface area contributed by atoms with Crippen molar-refractivity contribution in [2.75, 3.05) is 19.6 Å². The summed E-state index contributed by atoms with van der Waals surface area (Å²) < 4.78 is 38.6. The predicted octanol–water partition coefficient (Wildman–Crippen LogP) is 3.85. The lowest BCUT2D eigenvalue weighted by atomic mass is 9.85. The molecule has 0 aliphatic carbocycles. The topological polar surface area (TPSA) is 157 Å². The van der Waals surface area contributed by atoms with E-state index in [9.17, 15) is 41.9 Å². The molecular weight excluding hydrogens is 669 g/mol. The zero-order valence-electron chi connectivity index (χ0n) is 30.2. The second-order valence-electron chi connectivity index (χ2n) is 15.3. The second kappa shape index (κ2) is 16.7. The van der Waals surface area contributed by atoms with E-state index in [1.54, 1.807) is 37.8 Å². The summed E-state index contributed by atoms with van der Waals surface area (Å²) >= 11 is 0. The third-order valence-corrected chi connectivity index (χ3v) is 9.09. The number of carbonyl (C=O) groups excluding carboxylic acids is 6. The molecule has 6 amide bonds. The molecular formula is C36H51F3N6O6. The number of urea groups is 1. The van der Waals surface area contributed by atoms with Crippen molar-refractivity contribution in [2.24, 2.45) is 10.8 Å². The predicted molar refractivity (Wildman–Crippen MR) is 184 cm³/mol. The molecule has 4 atom stereocenters. The number of nitrogens with zero attached hydrogens (tertiary/aromatic N) is 2. The maximum atomic E-state index is 14.1. The number of rotatable bonds is 14. The Hall–Kier alpha value is -4.43. The van der Waals surface area contributed by atoms with E-state index in [1.807, 2.05) is 32.9 Å². The van der Waals surface area contributed by atoms with E-state index in [2.05, 4.69) is 27.8 Å². The van der Waals surface area contributed by atoms with Crippen LogP contribution in [-0.2, 0) is 25.7 Å². The molecule has 1 aromatic carbocycles. The SMILES string of the molecule is C=CCNC(=O)C(=O)C(CCCC(F)(F)F)NC(=O)[C@@H]1CCCN1C(=O)[C@@H](NC(=O)N[C@H](CN1Cc2ccccc2C1=O)C(C)(C)C)C(C)(C)C. The number of fused-ring (bicyclic) bond motifs is 1. The van der Waals surface area contributed by atoms with Gasteiger partial charge in [0.25, 0.3) is 11.8 Å². The van der Waals surface area contributed by atoms with Crippen LogP contribution in [0.15, 0.2) is 36.9 Å². The van der Waals surface area contributed by atoms with Gasteiger partial charge in [-0.15, -0.1) is 6.58 Å². The van der Waals surface area contributed by atoms with E-state index >= 15 is 0 Å². The molecule has 0 saturated carbocycles. The minimum absolute atomic E-state index is 0.0609. The Labute approximate surface area is 297 Å². The number of likely N-dealkylation sites (tertiary alicyclic amines) is 1. The first-order chi connectivity index (χ1) is 23.6. The van der Waals surface area contributed by atoms with Crippen molar-refractivity contribution in [3.8, 4) is 0 Å². The highest BCUT2D eigenvalue weighted by molar-refractivity contribution is 6.38. The molecule has 2 aliphatic heterocycles. The third kappa shape index (κ3) is 11.3. The Bertz CT molecular complexity index is 1480. The van der Waals surface area contributed by atoms with Crippen molar-refractivity contribution in [3.63, 3.8) is 0 Å². The number of benzene rings is 1. The summed E-state index contributed by atoms with van der Waals surface area (Å²) in [4.78, 5) is 82.5. The third-order valence-electron chi connectivity index (χ3n) is 9.09. The minimum atomic E-state index is -4.50. The highest BCUT2D eigenvalue weighted by Gasteiger charge is 2.43. The molecule has 1 aromatic rings. The fraction of sp³-hybridized carbons (Fsp3) is 0.611. The average molecular weight is 721 g/mol. The Balaban J connectivity index is 1.74. The highest BCUT2D eigenvalue weighted by atomic mass is 19.4. The molecule has 4 N–H and O–H groups in total. The number of amides is 6. The molecule has 1 saturated heterocycles. The van der Waals surface area contributed by atoms with Gasteiger partial charge in [-0.05, 0) is 48.1 Å².